The molecule has 0 spiro atoms. The lowest BCUT2D eigenvalue weighted by molar-refractivity contribution is 0.414. The molecular weight excluding hydrogens is 224 g/mol. The molecular formula is C14H18N4. The SMILES string of the molecule is CN1CCC(Nc2cccc(-c3ccn[nH]3)c2)C1. The molecule has 1 saturated heterocycles. The number of hydrogen-bond donors (Lipinski definition) is 2. The van der Waals surface area contributed by atoms with Crippen LogP contribution in [0, 0.1) is 0 Å². The summed E-state index contributed by atoms with van der Waals surface area (Å²) in [5, 5.41) is 10.6. The smallest absolute Gasteiger partial charge is 0.0650 e. The second kappa shape index (κ2) is 4.82. The van der Waals surface area contributed by atoms with E-state index in [0.29, 0.717) is 6.04 Å². The van der Waals surface area contributed by atoms with E-state index in [9.17, 15) is 0 Å². The number of aromatic amines is 1. The van der Waals surface area contributed by atoms with Gasteiger partial charge >= 0.3 is 0 Å². The number of anilines is 1. The van der Waals surface area contributed by atoms with Gasteiger partial charge in [-0.25, -0.2) is 0 Å². The van der Waals surface area contributed by atoms with E-state index < -0.39 is 0 Å². The van der Waals surface area contributed by atoms with Crippen LogP contribution >= 0.6 is 0 Å². The van der Waals surface area contributed by atoms with Gasteiger partial charge in [0.2, 0.25) is 0 Å². The molecule has 2 N–H and O–H groups in total. The van der Waals surface area contributed by atoms with E-state index in [1.807, 2.05) is 6.07 Å². The zero-order valence-corrected chi connectivity index (χ0v) is 10.6. The zero-order chi connectivity index (χ0) is 12.4. The standard InChI is InChI=1S/C14H18N4/c1-18-8-6-13(10-18)16-12-4-2-3-11(9-12)14-5-7-15-17-14/h2-5,7,9,13,16H,6,8,10H2,1H3,(H,15,17). The van der Waals surface area contributed by atoms with Crippen LogP contribution in [-0.2, 0) is 0 Å². The highest BCUT2D eigenvalue weighted by atomic mass is 15.2. The molecule has 2 aromatic rings. The van der Waals surface area contributed by atoms with Gasteiger partial charge in [-0.3, -0.25) is 5.10 Å². The number of aromatic nitrogens is 2. The van der Waals surface area contributed by atoms with Gasteiger partial charge in [0.05, 0.1) is 5.69 Å². The van der Waals surface area contributed by atoms with Crippen molar-refractivity contribution in [1.29, 1.82) is 0 Å². The highest BCUT2D eigenvalue weighted by Crippen LogP contribution is 2.22. The Kier molecular flexibility index (Phi) is 3.02. The lowest BCUT2D eigenvalue weighted by Gasteiger charge is -2.14. The number of likely N-dealkylation sites (tertiary alicyclic amines) is 1. The Morgan fingerprint density at radius 3 is 3.06 bits per heavy atom. The van der Waals surface area contributed by atoms with Crippen molar-refractivity contribution in [1.82, 2.24) is 15.1 Å². The first kappa shape index (κ1) is 11.3. The van der Waals surface area contributed by atoms with Crippen molar-refractivity contribution in [3.8, 4) is 11.3 Å². The zero-order valence-electron chi connectivity index (χ0n) is 10.6. The third-order valence-electron chi connectivity index (χ3n) is 3.44. The summed E-state index contributed by atoms with van der Waals surface area (Å²) in [5.41, 5.74) is 3.41. The average molecular weight is 242 g/mol. The quantitative estimate of drug-likeness (QED) is 0.867. The Bertz CT molecular complexity index is 506. The molecule has 1 unspecified atom stereocenters. The van der Waals surface area contributed by atoms with Gasteiger partial charge in [0.25, 0.3) is 0 Å². The number of hydrogen-bond acceptors (Lipinski definition) is 3. The van der Waals surface area contributed by atoms with Crippen molar-refractivity contribution >= 4 is 5.69 Å². The Morgan fingerprint density at radius 1 is 1.39 bits per heavy atom. The predicted octanol–water partition coefficient (Wildman–Crippen LogP) is 2.19. The third kappa shape index (κ3) is 2.38. The van der Waals surface area contributed by atoms with Crippen LogP contribution in [0.5, 0.6) is 0 Å². The van der Waals surface area contributed by atoms with Crippen LogP contribution in [0.2, 0.25) is 0 Å². The van der Waals surface area contributed by atoms with E-state index in [-0.39, 0.29) is 0 Å². The largest absolute Gasteiger partial charge is 0.381 e. The van der Waals surface area contributed by atoms with Gasteiger partial charge in [0.1, 0.15) is 0 Å². The monoisotopic (exact) mass is 242 g/mol. The van der Waals surface area contributed by atoms with Crippen molar-refractivity contribution in [2.24, 2.45) is 0 Å². The summed E-state index contributed by atoms with van der Waals surface area (Å²) in [5.74, 6) is 0. The minimum atomic E-state index is 0.562. The van der Waals surface area contributed by atoms with Crippen molar-refractivity contribution < 1.29 is 0 Å². The fourth-order valence-corrected chi connectivity index (χ4v) is 2.48. The lowest BCUT2D eigenvalue weighted by Crippen LogP contribution is -2.23. The van der Waals surface area contributed by atoms with Crippen LogP contribution in [0.25, 0.3) is 11.3 Å². The third-order valence-corrected chi connectivity index (χ3v) is 3.44. The average Bonchev–Trinajstić information content (AvgIpc) is 3.01. The maximum absolute atomic E-state index is 3.99. The Morgan fingerprint density at radius 2 is 2.33 bits per heavy atom. The molecule has 1 aliphatic heterocycles. The van der Waals surface area contributed by atoms with Gasteiger partial charge < -0.3 is 10.2 Å². The van der Waals surface area contributed by atoms with Crippen LogP contribution in [-0.4, -0.2) is 41.3 Å². The van der Waals surface area contributed by atoms with E-state index in [2.05, 4.69) is 51.7 Å². The van der Waals surface area contributed by atoms with Gasteiger partial charge in [0, 0.05) is 30.0 Å². The first-order valence-electron chi connectivity index (χ1n) is 6.36. The lowest BCUT2D eigenvalue weighted by atomic mass is 10.1. The number of nitrogens with one attached hydrogen (secondary N) is 2. The summed E-state index contributed by atoms with van der Waals surface area (Å²) in [6.45, 7) is 2.30. The Hall–Kier alpha value is -1.81. The fraction of sp³-hybridized carbons (Fsp3) is 0.357. The van der Waals surface area contributed by atoms with Gasteiger partial charge in [-0.15, -0.1) is 0 Å². The second-order valence-electron chi connectivity index (χ2n) is 4.94. The highest BCUT2D eigenvalue weighted by Gasteiger charge is 2.18. The number of nitrogens with zero attached hydrogens (tertiary/aromatic N) is 2. The summed E-state index contributed by atoms with van der Waals surface area (Å²) < 4.78 is 0. The van der Waals surface area contributed by atoms with Crippen molar-refractivity contribution in [3.05, 3.63) is 36.5 Å². The Balaban J connectivity index is 1.75. The first-order chi connectivity index (χ1) is 8.81. The molecule has 1 aromatic carbocycles. The summed E-state index contributed by atoms with van der Waals surface area (Å²) in [7, 11) is 2.17. The molecule has 0 amide bonds. The molecule has 0 aliphatic carbocycles. The first-order valence-corrected chi connectivity index (χ1v) is 6.36. The fourth-order valence-electron chi connectivity index (χ4n) is 2.48. The van der Waals surface area contributed by atoms with Crippen LogP contribution in [0.1, 0.15) is 6.42 Å². The summed E-state index contributed by atoms with van der Waals surface area (Å²) >= 11 is 0. The molecule has 4 nitrogen and oxygen atoms in total. The number of benzene rings is 1. The summed E-state index contributed by atoms with van der Waals surface area (Å²) in [6, 6.07) is 11.0. The molecule has 0 bridgehead atoms. The summed E-state index contributed by atoms with van der Waals surface area (Å²) in [6.07, 6.45) is 2.99. The second-order valence-corrected chi connectivity index (χ2v) is 4.94. The maximum atomic E-state index is 3.99. The number of likely N-dealkylation sites (N-methyl/N-ethyl adjacent to an activating group) is 1. The normalized spacial score (nSPS) is 20.2. The van der Waals surface area contributed by atoms with Crippen LogP contribution in [0.3, 0.4) is 0 Å². The molecule has 2 heterocycles. The van der Waals surface area contributed by atoms with Gasteiger partial charge in [0.15, 0.2) is 0 Å². The molecule has 1 fully saturated rings. The maximum Gasteiger partial charge on any atom is 0.0650 e. The number of H-pyrrole nitrogens is 1. The molecule has 0 radical (unpaired) electrons. The predicted molar refractivity (Wildman–Crippen MR) is 73.5 cm³/mol. The molecule has 3 rings (SSSR count). The minimum Gasteiger partial charge on any atom is -0.381 e. The van der Waals surface area contributed by atoms with Gasteiger partial charge in [-0.05, 0) is 38.2 Å². The van der Waals surface area contributed by atoms with Crippen LogP contribution in [0.15, 0.2) is 36.5 Å². The van der Waals surface area contributed by atoms with Crippen molar-refractivity contribution in [3.63, 3.8) is 0 Å². The van der Waals surface area contributed by atoms with E-state index in [4.69, 9.17) is 0 Å². The van der Waals surface area contributed by atoms with Crippen molar-refractivity contribution in [2.75, 3.05) is 25.5 Å². The van der Waals surface area contributed by atoms with Crippen LogP contribution < -0.4 is 5.32 Å². The number of rotatable bonds is 3. The Labute approximate surface area is 107 Å². The van der Waals surface area contributed by atoms with Gasteiger partial charge in [-0.2, -0.15) is 5.10 Å². The van der Waals surface area contributed by atoms with E-state index in [1.165, 1.54) is 24.2 Å². The minimum absolute atomic E-state index is 0.562. The van der Waals surface area contributed by atoms with E-state index in [1.54, 1.807) is 6.20 Å². The van der Waals surface area contributed by atoms with Gasteiger partial charge in [-0.1, -0.05) is 12.1 Å². The summed E-state index contributed by atoms with van der Waals surface area (Å²) in [4.78, 5) is 2.36. The topological polar surface area (TPSA) is 44.0 Å². The van der Waals surface area contributed by atoms with Crippen molar-refractivity contribution in [2.45, 2.75) is 12.5 Å². The molecule has 0 saturated carbocycles. The molecule has 1 atom stereocenters. The highest BCUT2D eigenvalue weighted by molar-refractivity contribution is 5.64. The molecule has 4 heteroatoms. The van der Waals surface area contributed by atoms with E-state index >= 15 is 0 Å². The molecule has 94 valence electrons. The van der Waals surface area contributed by atoms with Crippen LogP contribution in [0.4, 0.5) is 5.69 Å². The molecule has 1 aliphatic rings. The molecule has 18 heavy (non-hydrogen) atoms. The molecule has 1 aromatic heterocycles. The van der Waals surface area contributed by atoms with E-state index in [0.717, 1.165) is 12.2 Å².